The van der Waals surface area contributed by atoms with Crippen LogP contribution in [0.25, 0.3) is 6.08 Å². The van der Waals surface area contributed by atoms with Gasteiger partial charge in [-0.25, -0.2) is 0 Å². The Bertz CT molecular complexity index is 603. The molecule has 0 aliphatic carbocycles. The lowest BCUT2D eigenvalue weighted by atomic mass is 10.1. The van der Waals surface area contributed by atoms with E-state index in [1.54, 1.807) is 42.6 Å². The van der Waals surface area contributed by atoms with E-state index in [1.807, 2.05) is 6.92 Å². The van der Waals surface area contributed by atoms with Gasteiger partial charge in [0.2, 0.25) is 0 Å². The van der Waals surface area contributed by atoms with Gasteiger partial charge in [0.05, 0.1) is 0 Å². The van der Waals surface area contributed by atoms with Crippen LogP contribution in [0.1, 0.15) is 21.5 Å². The maximum Gasteiger partial charge on any atom is 0.187 e. The summed E-state index contributed by atoms with van der Waals surface area (Å²) in [5.74, 6) is 0.0263. The van der Waals surface area contributed by atoms with Crippen molar-refractivity contribution in [3.63, 3.8) is 0 Å². The number of carbonyl (C=O) groups is 1. The Kier molecular flexibility index (Phi) is 3.53. The number of aryl methyl sites for hydroxylation is 1. The van der Waals surface area contributed by atoms with E-state index in [-0.39, 0.29) is 11.5 Å². The van der Waals surface area contributed by atoms with Crippen molar-refractivity contribution in [1.29, 1.82) is 0 Å². The van der Waals surface area contributed by atoms with Gasteiger partial charge in [0.1, 0.15) is 5.75 Å². The molecule has 0 aliphatic rings. The van der Waals surface area contributed by atoms with E-state index >= 15 is 0 Å². The normalized spacial score (nSPS) is 10.7. The molecule has 1 aromatic carbocycles. The lowest BCUT2D eigenvalue weighted by molar-refractivity contribution is 0.104. The lowest BCUT2D eigenvalue weighted by Gasteiger charge is -1.98. The van der Waals surface area contributed by atoms with Crippen LogP contribution >= 0.6 is 0 Å². The number of hydrogen-bond acceptors (Lipinski definition) is 3. The van der Waals surface area contributed by atoms with Crippen LogP contribution in [0.15, 0.2) is 48.8 Å². The number of ketones is 1. The number of phenolic OH excluding ortho intramolecular Hbond substituents is 1. The Morgan fingerprint density at radius 2 is 2.06 bits per heavy atom. The summed E-state index contributed by atoms with van der Waals surface area (Å²) in [6.45, 7) is 1.89. The van der Waals surface area contributed by atoms with Crippen LogP contribution in [-0.4, -0.2) is 15.9 Å². The topological polar surface area (TPSA) is 50.2 Å². The van der Waals surface area contributed by atoms with E-state index in [0.717, 1.165) is 5.56 Å². The summed E-state index contributed by atoms with van der Waals surface area (Å²) in [6, 6.07) is 8.65. The smallest absolute Gasteiger partial charge is 0.187 e. The second kappa shape index (κ2) is 5.27. The van der Waals surface area contributed by atoms with Gasteiger partial charge in [-0.2, -0.15) is 0 Å². The zero-order valence-electron chi connectivity index (χ0n) is 10.00. The minimum atomic E-state index is -0.130. The van der Waals surface area contributed by atoms with E-state index in [1.165, 1.54) is 12.3 Å². The van der Waals surface area contributed by atoms with Crippen molar-refractivity contribution in [3.05, 3.63) is 65.5 Å². The molecule has 0 atom stereocenters. The molecule has 3 heteroatoms. The van der Waals surface area contributed by atoms with Crippen molar-refractivity contribution in [1.82, 2.24) is 4.98 Å². The van der Waals surface area contributed by atoms with E-state index in [0.29, 0.717) is 11.1 Å². The Morgan fingerprint density at radius 1 is 1.28 bits per heavy atom. The first kappa shape index (κ1) is 12.0. The van der Waals surface area contributed by atoms with Crippen LogP contribution in [0.4, 0.5) is 0 Å². The predicted octanol–water partition coefficient (Wildman–Crippen LogP) is 2.99. The van der Waals surface area contributed by atoms with Crippen LogP contribution in [0, 0.1) is 6.92 Å². The van der Waals surface area contributed by atoms with E-state index < -0.39 is 0 Å². The molecule has 1 N–H and O–H groups in total. The molecule has 1 heterocycles. The molecular formula is C15H13NO2. The summed E-state index contributed by atoms with van der Waals surface area (Å²) in [7, 11) is 0. The van der Waals surface area contributed by atoms with Gasteiger partial charge in [0.25, 0.3) is 0 Å². The minimum Gasteiger partial charge on any atom is -0.507 e. The quantitative estimate of drug-likeness (QED) is 0.661. The fourth-order valence-electron chi connectivity index (χ4n) is 1.58. The molecule has 0 fully saturated rings. The number of pyridine rings is 1. The van der Waals surface area contributed by atoms with E-state index in [4.69, 9.17) is 0 Å². The zero-order valence-corrected chi connectivity index (χ0v) is 10.00. The van der Waals surface area contributed by atoms with Crippen molar-refractivity contribution in [3.8, 4) is 5.75 Å². The van der Waals surface area contributed by atoms with E-state index in [9.17, 15) is 9.90 Å². The van der Waals surface area contributed by atoms with Gasteiger partial charge in [-0.1, -0.05) is 18.2 Å². The third-order valence-corrected chi connectivity index (χ3v) is 2.51. The van der Waals surface area contributed by atoms with Crippen LogP contribution in [0.5, 0.6) is 5.75 Å². The highest BCUT2D eigenvalue weighted by Crippen LogP contribution is 2.17. The number of aromatic nitrogens is 1. The number of para-hydroxylation sites is 1. The molecule has 2 rings (SSSR count). The zero-order chi connectivity index (χ0) is 13.0. The molecule has 0 spiro atoms. The first-order valence-electron chi connectivity index (χ1n) is 5.59. The van der Waals surface area contributed by atoms with Gasteiger partial charge in [-0.3, -0.25) is 9.78 Å². The third kappa shape index (κ3) is 2.83. The average Bonchev–Trinajstić information content (AvgIpc) is 2.37. The molecule has 0 aliphatic heterocycles. The Hall–Kier alpha value is -2.42. The van der Waals surface area contributed by atoms with Crippen LogP contribution in [0.3, 0.4) is 0 Å². The first-order chi connectivity index (χ1) is 8.66. The number of phenols is 1. The summed E-state index contributed by atoms with van der Waals surface area (Å²) in [5, 5.41) is 9.56. The van der Waals surface area contributed by atoms with Gasteiger partial charge in [0, 0.05) is 23.5 Å². The highest BCUT2D eigenvalue weighted by molar-refractivity contribution is 6.06. The summed E-state index contributed by atoms with van der Waals surface area (Å²) < 4.78 is 0. The number of rotatable bonds is 3. The number of benzene rings is 1. The number of nitrogens with zero attached hydrogens (tertiary/aromatic N) is 1. The molecule has 3 nitrogen and oxygen atoms in total. The predicted molar refractivity (Wildman–Crippen MR) is 70.4 cm³/mol. The van der Waals surface area contributed by atoms with Gasteiger partial charge >= 0.3 is 0 Å². The largest absolute Gasteiger partial charge is 0.507 e. The Labute approximate surface area is 105 Å². The minimum absolute atomic E-state index is 0.130. The van der Waals surface area contributed by atoms with Gasteiger partial charge in [-0.15, -0.1) is 0 Å². The van der Waals surface area contributed by atoms with Crippen LogP contribution in [-0.2, 0) is 0 Å². The van der Waals surface area contributed by atoms with E-state index in [2.05, 4.69) is 4.98 Å². The maximum atomic E-state index is 11.9. The molecular weight excluding hydrogens is 226 g/mol. The van der Waals surface area contributed by atoms with Crippen molar-refractivity contribution in [2.45, 2.75) is 6.92 Å². The second-order valence-corrected chi connectivity index (χ2v) is 4.01. The Balaban J connectivity index is 2.20. The molecule has 0 saturated heterocycles. The molecule has 0 amide bonds. The van der Waals surface area contributed by atoms with Crippen molar-refractivity contribution in [2.24, 2.45) is 0 Å². The summed E-state index contributed by atoms with van der Waals surface area (Å²) >= 11 is 0. The molecule has 0 bridgehead atoms. The van der Waals surface area contributed by atoms with Gasteiger partial charge < -0.3 is 5.11 Å². The van der Waals surface area contributed by atoms with Gasteiger partial charge in [0.15, 0.2) is 5.78 Å². The van der Waals surface area contributed by atoms with Crippen LogP contribution in [0.2, 0.25) is 0 Å². The van der Waals surface area contributed by atoms with Crippen molar-refractivity contribution in [2.75, 3.05) is 0 Å². The van der Waals surface area contributed by atoms with Gasteiger partial charge in [-0.05, 0) is 36.8 Å². The summed E-state index contributed by atoms with van der Waals surface area (Å²) in [4.78, 5) is 15.8. The summed E-state index contributed by atoms with van der Waals surface area (Å²) in [5.41, 5.74) is 2.10. The summed E-state index contributed by atoms with van der Waals surface area (Å²) in [6.07, 6.45) is 6.26. The number of allylic oxidation sites excluding steroid dienone is 1. The average molecular weight is 239 g/mol. The number of hydrogen-bond donors (Lipinski definition) is 1. The molecule has 2 aromatic rings. The second-order valence-electron chi connectivity index (χ2n) is 4.01. The van der Waals surface area contributed by atoms with Crippen molar-refractivity contribution < 1.29 is 9.90 Å². The first-order valence-corrected chi connectivity index (χ1v) is 5.59. The highest BCUT2D eigenvalue weighted by Gasteiger charge is 2.02. The fourth-order valence-corrected chi connectivity index (χ4v) is 1.58. The fraction of sp³-hybridized carbons (Fsp3) is 0.0667. The molecule has 90 valence electrons. The molecule has 18 heavy (non-hydrogen) atoms. The molecule has 1 aromatic heterocycles. The maximum absolute atomic E-state index is 11.9. The number of carbonyl (C=O) groups excluding carboxylic acids is 1. The SMILES string of the molecule is Cc1cncc(C(=O)C=Cc2ccccc2O)c1. The molecule has 0 saturated carbocycles. The monoisotopic (exact) mass is 239 g/mol. The molecule has 0 unspecified atom stereocenters. The highest BCUT2D eigenvalue weighted by atomic mass is 16.3. The lowest BCUT2D eigenvalue weighted by Crippen LogP contribution is -1.95. The Morgan fingerprint density at radius 3 is 2.78 bits per heavy atom. The van der Waals surface area contributed by atoms with Crippen LogP contribution < -0.4 is 0 Å². The third-order valence-electron chi connectivity index (χ3n) is 2.51. The number of aromatic hydroxyl groups is 1. The standard InChI is InChI=1S/C15H13NO2/c1-11-8-13(10-16-9-11)15(18)7-6-12-4-2-3-5-14(12)17/h2-10,17H,1H3. The van der Waals surface area contributed by atoms with Crippen molar-refractivity contribution >= 4 is 11.9 Å². The molecule has 0 radical (unpaired) electrons.